The molecule has 1 heterocycles. The number of carbonyl (C=O) groups is 1. The number of phenols is 2. The highest BCUT2D eigenvalue weighted by Gasteiger charge is 2.23. The monoisotopic (exact) mass is 510 g/mol. The molecule has 10 heteroatoms. The van der Waals surface area contributed by atoms with E-state index < -0.39 is 11.3 Å². The van der Waals surface area contributed by atoms with Gasteiger partial charge in [-0.05, 0) is 32.0 Å². The van der Waals surface area contributed by atoms with Crippen LogP contribution >= 0.6 is 23.0 Å². The van der Waals surface area contributed by atoms with Crippen LogP contribution in [-0.4, -0.2) is 30.0 Å². The Bertz CT molecular complexity index is 1160. The minimum Gasteiger partial charge on any atom is -0.508 e. The van der Waals surface area contributed by atoms with Gasteiger partial charge in [-0.25, -0.2) is 0 Å². The molecule has 8 nitrogen and oxygen atoms in total. The molecule has 150 valence electrons. The third-order valence-electron chi connectivity index (χ3n) is 3.81. The lowest BCUT2D eigenvalue weighted by molar-refractivity contribution is 0.224. The molecule has 0 saturated carbocycles. The van der Waals surface area contributed by atoms with E-state index in [2.05, 4.69) is 0 Å². The normalized spacial score (nSPS) is 10.9. The van der Waals surface area contributed by atoms with Gasteiger partial charge in [-0.15, -0.1) is 0 Å². The largest absolute Gasteiger partial charge is 0.508 e. The van der Waals surface area contributed by atoms with Crippen molar-refractivity contribution in [1.29, 1.82) is 0 Å². The first kappa shape index (κ1) is 20.8. The Morgan fingerprint density at radius 2 is 1.90 bits per heavy atom. The van der Waals surface area contributed by atoms with Crippen LogP contribution in [0.25, 0.3) is 22.3 Å². The van der Waals surface area contributed by atoms with Crippen molar-refractivity contribution in [3.05, 3.63) is 40.6 Å². The van der Waals surface area contributed by atoms with Gasteiger partial charge >= 0.3 is 0 Å². The Labute approximate surface area is 180 Å². The Balaban J connectivity index is 2.36. The average molecular weight is 510 g/mol. The number of carbonyl (C=O) groups excluding carboxylic acids is 1. The Morgan fingerprint density at radius 3 is 2.48 bits per heavy atom. The molecule has 0 spiro atoms. The summed E-state index contributed by atoms with van der Waals surface area (Å²) in [5.41, 5.74) is -0.351. The minimum absolute atomic E-state index is 0.0212. The molecule has 2 N–H and O–H groups in total. The summed E-state index contributed by atoms with van der Waals surface area (Å²) < 4.78 is 21.6. The number of fused-ring (bicyclic) bond motifs is 1. The van der Waals surface area contributed by atoms with Crippen molar-refractivity contribution in [2.75, 3.05) is 0 Å². The lowest BCUT2D eigenvalue weighted by atomic mass is 10.1. The third kappa shape index (κ3) is 4.26. The van der Waals surface area contributed by atoms with E-state index in [4.69, 9.17) is 17.0 Å². The highest BCUT2D eigenvalue weighted by atomic mass is 127. The van der Waals surface area contributed by atoms with Gasteiger partial charge in [0.2, 0.25) is 24.9 Å². The van der Waals surface area contributed by atoms with Crippen LogP contribution in [0.2, 0.25) is 0 Å². The molecule has 0 fully saturated rings. The molecule has 0 atom stereocenters. The van der Waals surface area contributed by atoms with Crippen LogP contribution in [0.1, 0.15) is 13.8 Å². The van der Waals surface area contributed by atoms with Crippen molar-refractivity contribution in [1.82, 2.24) is 0 Å². The number of hydrogen-bond donors (Lipinski definition) is 2. The molecule has 0 saturated heterocycles. The smallest absolute Gasteiger partial charge is 0.248 e. The van der Waals surface area contributed by atoms with Crippen LogP contribution in [0.3, 0.4) is 0 Å². The zero-order chi connectivity index (χ0) is 21.3. The van der Waals surface area contributed by atoms with Crippen LogP contribution in [0.15, 0.2) is 39.5 Å². The van der Waals surface area contributed by atoms with E-state index in [0.29, 0.717) is 0 Å². The molecule has 1 aromatic heterocycles. The maximum absolute atomic E-state index is 13.2. The summed E-state index contributed by atoms with van der Waals surface area (Å²) in [6, 6.07) is 6.84. The van der Waals surface area contributed by atoms with Gasteiger partial charge in [0.05, 0.1) is 6.10 Å². The molecule has 0 unspecified atom stereocenters. The maximum atomic E-state index is 13.2. The van der Waals surface area contributed by atoms with E-state index in [0.717, 1.165) is 7.85 Å². The van der Waals surface area contributed by atoms with Crippen LogP contribution in [-0.2, 0) is 0 Å². The van der Waals surface area contributed by atoms with E-state index >= 15 is 0 Å². The molecule has 0 aliphatic carbocycles. The van der Waals surface area contributed by atoms with Gasteiger partial charge in [0, 0.05) is 17.7 Å². The van der Waals surface area contributed by atoms with Gasteiger partial charge in [-0.1, -0.05) is 0 Å². The van der Waals surface area contributed by atoms with Crippen molar-refractivity contribution < 1.29 is 32.0 Å². The zero-order valence-corrected chi connectivity index (χ0v) is 17.8. The number of halogens is 1. The molecule has 3 rings (SSSR count). The number of ether oxygens (including phenoxy) is 2. The molecule has 0 aliphatic rings. The Morgan fingerprint density at radius 1 is 1.17 bits per heavy atom. The predicted molar refractivity (Wildman–Crippen MR) is 116 cm³/mol. The van der Waals surface area contributed by atoms with Crippen molar-refractivity contribution in [2.24, 2.45) is 0 Å². The molecule has 3 aromatic rings. The second-order valence-corrected chi connectivity index (χ2v) is 6.87. The van der Waals surface area contributed by atoms with Crippen LogP contribution < -0.4 is 18.0 Å². The number of hydrogen-bond acceptors (Lipinski definition) is 8. The standard InChI is InChI=1S/C19H16BIO8/c1-8(2)26-13-6-10(22)7-14-15(13)16(24)18(28-19(20)25)17(27-14)9-3-4-12(29-21)11(23)5-9/h3-8,22-23H,20H2,1-2H3. The van der Waals surface area contributed by atoms with Crippen molar-refractivity contribution in [3.63, 3.8) is 0 Å². The summed E-state index contributed by atoms with van der Waals surface area (Å²) in [4.78, 5) is 24.8. The van der Waals surface area contributed by atoms with Gasteiger partial charge in [0.1, 0.15) is 22.5 Å². The summed E-state index contributed by atoms with van der Waals surface area (Å²) in [6.45, 7) is 3.52. The van der Waals surface area contributed by atoms with E-state index in [1.54, 1.807) is 36.9 Å². The van der Waals surface area contributed by atoms with E-state index in [1.807, 2.05) is 0 Å². The molecule has 0 amide bonds. The quantitative estimate of drug-likeness (QED) is 0.396. The summed E-state index contributed by atoms with van der Waals surface area (Å²) >= 11 is 1.62. The second-order valence-electron chi connectivity index (χ2n) is 6.43. The number of phenolic OH excluding ortho intramolecular Hbond substituents is 2. The molecule has 0 bridgehead atoms. The third-order valence-corrected chi connectivity index (χ3v) is 4.29. The van der Waals surface area contributed by atoms with E-state index in [1.165, 1.54) is 30.3 Å². The van der Waals surface area contributed by atoms with Gasteiger partial charge in [-0.2, -0.15) is 0 Å². The first-order valence-electron chi connectivity index (χ1n) is 8.52. The highest BCUT2D eigenvalue weighted by molar-refractivity contribution is 14.1. The summed E-state index contributed by atoms with van der Waals surface area (Å²) in [5.74, 6) is -1.23. The summed E-state index contributed by atoms with van der Waals surface area (Å²) in [6.07, 6.45) is -0.283. The summed E-state index contributed by atoms with van der Waals surface area (Å²) in [5, 5.41) is 20.1. The lowest BCUT2D eigenvalue weighted by Gasteiger charge is -2.15. The second kappa shape index (κ2) is 8.23. The SMILES string of the molecule is BC(=O)Oc1c(-c2ccc(OI)c(O)c2)oc2cc(O)cc(OC(C)C)c2c1=O. The van der Waals surface area contributed by atoms with Crippen molar-refractivity contribution in [2.45, 2.75) is 20.0 Å². The van der Waals surface area contributed by atoms with Gasteiger partial charge in [-0.3, -0.25) is 9.59 Å². The first-order chi connectivity index (χ1) is 13.7. The first-order valence-corrected chi connectivity index (χ1v) is 9.40. The number of aromatic hydroxyl groups is 2. The predicted octanol–water partition coefficient (Wildman–Crippen LogP) is 3.52. The lowest BCUT2D eigenvalue weighted by Crippen LogP contribution is -2.16. The fraction of sp³-hybridized carbons (Fsp3) is 0.158. The Hall–Kier alpha value is -2.89. The van der Waals surface area contributed by atoms with E-state index in [-0.39, 0.29) is 57.1 Å². The number of rotatable bonds is 5. The summed E-state index contributed by atoms with van der Waals surface area (Å²) in [7, 11) is 1.15. The molecule has 0 aliphatic heterocycles. The molecule has 29 heavy (non-hydrogen) atoms. The van der Waals surface area contributed by atoms with Gasteiger partial charge in [0.25, 0.3) is 0 Å². The fourth-order valence-electron chi connectivity index (χ4n) is 2.75. The zero-order valence-electron chi connectivity index (χ0n) is 15.7. The molecular formula is C19H16BIO8. The van der Waals surface area contributed by atoms with Gasteiger partial charge < -0.3 is 27.2 Å². The molecular weight excluding hydrogens is 494 g/mol. The van der Waals surface area contributed by atoms with Crippen molar-refractivity contribution in [3.8, 4) is 40.1 Å². The van der Waals surface area contributed by atoms with Gasteiger partial charge in [0.15, 0.2) is 40.3 Å². The van der Waals surface area contributed by atoms with Crippen LogP contribution in [0.5, 0.6) is 28.7 Å². The van der Waals surface area contributed by atoms with Crippen LogP contribution in [0.4, 0.5) is 4.79 Å². The van der Waals surface area contributed by atoms with Crippen LogP contribution in [0, 0.1) is 0 Å². The highest BCUT2D eigenvalue weighted by Crippen LogP contribution is 2.39. The van der Waals surface area contributed by atoms with E-state index in [9.17, 15) is 19.8 Å². The Kier molecular flexibility index (Phi) is 5.92. The topological polar surface area (TPSA) is 115 Å². The minimum atomic E-state index is -0.723. The fourth-order valence-corrected chi connectivity index (χ4v) is 3.12. The maximum Gasteiger partial charge on any atom is 0.248 e. The molecule has 0 radical (unpaired) electrons. The number of benzene rings is 2. The van der Waals surface area contributed by atoms with Crippen molar-refractivity contribution >= 4 is 47.7 Å². The molecule has 2 aromatic carbocycles. The average Bonchev–Trinajstić information content (AvgIpc) is 2.62.